The summed E-state index contributed by atoms with van der Waals surface area (Å²) in [4.78, 5) is 0. The molecule has 2 aromatic rings. The highest BCUT2D eigenvalue weighted by Gasteiger charge is 2.26. The van der Waals surface area contributed by atoms with Gasteiger partial charge in [-0.15, -0.1) is 0 Å². The van der Waals surface area contributed by atoms with E-state index in [4.69, 9.17) is 7.85 Å². The summed E-state index contributed by atoms with van der Waals surface area (Å²) in [5, 5.41) is 0. The summed E-state index contributed by atoms with van der Waals surface area (Å²) in [5.41, 5.74) is -2.53. The van der Waals surface area contributed by atoms with Gasteiger partial charge in [0.15, 0.2) is 17.4 Å². The molecule has 0 heterocycles. The zero-order chi connectivity index (χ0) is 15.9. The van der Waals surface area contributed by atoms with Crippen molar-refractivity contribution >= 4 is 13.3 Å². The Hall–Kier alpha value is -2.05. The van der Waals surface area contributed by atoms with E-state index in [0.717, 1.165) is 13.2 Å². The van der Waals surface area contributed by atoms with E-state index >= 15 is 0 Å². The van der Waals surface area contributed by atoms with E-state index in [1.807, 2.05) is 0 Å². The van der Waals surface area contributed by atoms with Crippen LogP contribution in [0.15, 0.2) is 12.1 Å². The third-order valence-electron chi connectivity index (χ3n) is 3.03. The van der Waals surface area contributed by atoms with Crippen molar-refractivity contribution in [3.05, 3.63) is 46.8 Å². The molecular formula is C14H8BF5O. The van der Waals surface area contributed by atoms with E-state index in [9.17, 15) is 22.0 Å². The van der Waals surface area contributed by atoms with Crippen molar-refractivity contribution in [1.29, 1.82) is 0 Å². The van der Waals surface area contributed by atoms with Gasteiger partial charge < -0.3 is 4.74 Å². The summed E-state index contributed by atoms with van der Waals surface area (Å²) in [6.45, 7) is 1.29. The molecule has 7 heteroatoms. The molecule has 0 aliphatic carbocycles. The Morgan fingerprint density at radius 2 is 1.52 bits per heavy atom. The standard InChI is InChI=1S/C14H8BF5O/c1-5-3-6(8(17)4-7(5)16)9-11(18)10(15)13(20)14(21-2)12(9)19/h3-4H,1-2H3. The van der Waals surface area contributed by atoms with Gasteiger partial charge in [0.2, 0.25) is 0 Å². The van der Waals surface area contributed by atoms with Crippen molar-refractivity contribution in [2.24, 2.45) is 0 Å². The van der Waals surface area contributed by atoms with Gasteiger partial charge in [0, 0.05) is 11.6 Å². The van der Waals surface area contributed by atoms with Crippen molar-refractivity contribution in [2.45, 2.75) is 6.92 Å². The minimum absolute atomic E-state index is 0.0351. The molecule has 0 fully saturated rings. The normalized spacial score (nSPS) is 10.8. The summed E-state index contributed by atoms with van der Waals surface area (Å²) < 4.78 is 73.2. The Labute approximate surface area is 118 Å². The lowest BCUT2D eigenvalue weighted by molar-refractivity contribution is 0.359. The number of benzene rings is 2. The molecule has 2 radical (unpaired) electrons. The first-order valence-corrected chi connectivity index (χ1v) is 5.75. The summed E-state index contributed by atoms with van der Waals surface area (Å²) in [5.74, 6) is -7.37. The molecule has 0 unspecified atom stereocenters. The van der Waals surface area contributed by atoms with Crippen LogP contribution in [0.5, 0.6) is 5.75 Å². The van der Waals surface area contributed by atoms with Crippen LogP contribution >= 0.6 is 0 Å². The Morgan fingerprint density at radius 1 is 0.905 bits per heavy atom. The lowest BCUT2D eigenvalue weighted by Crippen LogP contribution is -2.19. The number of hydrogen-bond acceptors (Lipinski definition) is 1. The second kappa shape index (κ2) is 5.39. The maximum Gasteiger partial charge on any atom is 0.190 e. The molecule has 21 heavy (non-hydrogen) atoms. The first-order valence-electron chi connectivity index (χ1n) is 5.75. The number of aryl methyl sites for hydroxylation is 1. The van der Waals surface area contributed by atoms with E-state index in [0.29, 0.717) is 6.07 Å². The van der Waals surface area contributed by atoms with Gasteiger partial charge >= 0.3 is 0 Å². The van der Waals surface area contributed by atoms with E-state index in [1.54, 1.807) is 0 Å². The van der Waals surface area contributed by atoms with Crippen LogP contribution in [0.3, 0.4) is 0 Å². The second-order valence-electron chi connectivity index (χ2n) is 4.35. The van der Waals surface area contributed by atoms with Crippen molar-refractivity contribution < 1.29 is 26.7 Å². The van der Waals surface area contributed by atoms with Crippen molar-refractivity contribution in [2.75, 3.05) is 7.11 Å². The molecule has 0 bridgehead atoms. The SMILES string of the molecule is [B]c1c(F)c(OC)c(F)c(-c2cc(C)c(F)cc2F)c1F. The molecular weight excluding hydrogens is 290 g/mol. The van der Waals surface area contributed by atoms with Gasteiger partial charge in [0.25, 0.3) is 0 Å². The van der Waals surface area contributed by atoms with Gasteiger partial charge in [-0.2, -0.15) is 0 Å². The monoisotopic (exact) mass is 298 g/mol. The minimum Gasteiger partial charge on any atom is -0.491 e. The van der Waals surface area contributed by atoms with Crippen LogP contribution in [0.1, 0.15) is 5.56 Å². The van der Waals surface area contributed by atoms with E-state index < -0.39 is 51.4 Å². The summed E-state index contributed by atoms with van der Waals surface area (Å²) in [7, 11) is 6.14. The Bertz CT molecular complexity index is 730. The van der Waals surface area contributed by atoms with Crippen LogP contribution in [-0.2, 0) is 0 Å². The number of ether oxygens (including phenoxy) is 1. The van der Waals surface area contributed by atoms with E-state index in [-0.39, 0.29) is 5.56 Å². The molecule has 0 atom stereocenters. The topological polar surface area (TPSA) is 9.23 Å². The van der Waals surface area contributed by atoms with Crippen LogP contribution in [0.2, 0.25) is 0 Å². The van der Waals surface area contributed by atoms with E-state index in [2.05, 4.69) is 4.74 Å². The largest absolute Gasteiger partial charge is 0.491 e. The third kappa shape index (κ3) is 2.37. The Morgan fingerprint density at radius 3 is 2.10 bits per heavy atom. The molecule has 0 aromatic heterocycles. The highest BCUT2D eigenvalue weighted by molar-refractivity contribution is 6.33. The molecule has 0 spiro atoms. The average Bonchev–Trinajstić information content (AvgIpc) is 2.43. The number of halogens is 5. The van der Waals surface area contributed by atoms with Gasteiger partial charge in [-0.05, 0) is 24.0 Å². The van der Waals surface area contributed by atoms with Crippen LogP contribution in [0.4, 0.5) is 22.0 Å². The third-order valence-corrected chi connectivity index (χ3v) is 3.03. The molecule has 0 saturated carbocycles. The zero-order valence-electron chi connectivity index (χ0n) is 11.0. The molecule has 1 nitrogen and oxygen atoms in total. The lowest BCUT2D eigenvalue weighted by Gasteiger charge is -2.14. The molecule has 0 aliphatic rings. The molecule has 2 aromatic carbocycles. The smallest absolute Gasteiger partial charge is 0.190 e. The van der Waals surface area contributed by atoms with Crippen molar-refractivity contribution in [1.82, 2.24) is 0 Å². The molecule has 0 N–H and O–H groups in total. The Kier molecular flexibility index (Phi) is 3.94. The fraction of sp³-hybridized carbons (Fsp3) is 0.143. The molecule has 0 amide bonds. The lowest BCUT2D eigenvalue weighted by atomic mass is 9.89. The number of rotatable bonds is 2. The summed E-state index contributed by atoms with van der Waals surface area (Å²) >= 11 is 0. The number of methoxy groups -OCH3 is 1. The van der Waals surface area contributed by atoms with Crippen molar-refractivity contribution in [3.8, 4) is 16.9 Å². The number of hydrogen-bond donors (Lipinski definition) is 0. The zero-order valence-corrected chi connectivity index (χ0v) is 11.0. The van der Waals surface area contributed by atoms with Gasteiger partial charge in [-0.3, -0.25) is 0 Å². The molecule has 108 valence electrons. The minimum atomic E-state index is -1.48. The Balaban J connectivity index is 2.88. The highest BCUT2D eigenvalue weighted by Crippen LogP contribution is 2.34. The fourth-order valence-electron chi connectivity index (χ4n) is 1.92. The van der Waals surface area contributed by atoms with Gasteiger partial charge in [0.05, 0.1) is 12.7 Å². The van der Waals surface area contributed by atoms with E-state index in [1.165, 1.54) is 6.92 Å². The van der Waals surface area contributed by atoms with Crippen LogP contribution < -0.4 is 10.2 Å². The maximum atomic E-state index is 14.2. The summed E-state index contributed by atoms with van der Waals surface area (Å²) in [6.07, 6.45) is 0. The first-order chi connectivity index (χ1) is 9.79. The van der Waals surface area contributed by atoms with Crippen LogP contribution in [0, 0.1) is 36.0 Å². The predicted molar refractivity (Wildman–Crippen MR) is 68.3 cm³/mol. The van der Waals surface area contributed by atoms with Crippen molar-refractivity contribution in [3.63, 3.8) is 0 Å². The molecule has 0 aliphatic heterocycles. The first kappa shape index (κ1) is 15.3. The quantitative estimate of drug-likeness (QED) is 0.611. The maximum absolute atomic E-state index is 14.2. The van der Waals surface area contributed by atoms with Gasteiger partial charge in [0.1, 0.15) is 25.3 Å². The second-order valence-corrected chi connectivity index (χ2v) is 4.35. The molecule has 2 rings (SSSR count). The van der Waals surface area contributed by atoms with Gasteiger partial charge in [-0.1, -0.05) is 0 Å². The highest BCUT2D eigenvalue weighted by atomic mass is 19.2. The predicted octanol–water partition coefficient (Wildman–Crippen LogP) is 3.16. The fourth-order valence-corrected chi connectivity index (χ4v) is 1.92. The average molecular weight is 298 g/mol. The van der Waals surface area contributed by atoms with Crippen LogP contribution in [-0.4, -0.2) is 15.0 Å². The van der Waals surface area contributed by atoms with Gasteiger partial charge in [-0.25, -0.2) is 22.0 Å². The molecule has 0 saturated heterocycles. The summed E-state index contributed by atoms with van der Waals surface area (Å²) in [6, 6.07) is 1.39. The van der Waals surface area contributed by atoms with Crippen LogP contribution in [0.25, 0.3) is 11.1 Å².